The Bertz CT molecular complexity index is 1580. The first-order chi connectivity index (χ1) is 21.4. The molecule has 10 heteroatoms. The summed E-state index contributed by atoms with van der Waals surface area (Å²) in [6.45, 7) is 0.115. The van der Waals surface area contributed by atoms with E-state index in [1.54, 1.807) is 49.6 Å². The number of carbonyl (C=O) groups is 1. The number of carbonyl (C=O) groups excluding carboxylic acids is 1. The van der Waals surface area contributed by atoms with Crippen molar-refractivity contribution in [3.8, 4) is 11.5 Å². The van der Waals surface area contributed by atoms with Gasteiger partial charge >= 0.3 is 0 Å². The van der Waals surface area contributed by atoms with Gasteiger partial charge in [0.1, 0.15) is 23.1 Å². The van der Waals surface area contributed by atoms with Crippen LogP contribution in [0.2, 0.25) is 0 Å². The lowest BCUT2D eigenvalue weighted by molar-refractivity contribution is -0.130. The highest BCUT2D eigenvalue weighted by Crippen LogP contribution is 2.43. The largest absolute Gasteiger partial charge is 0.497 e. The number of methoxy groups -OCH3 is 1. The Hall–Kier alpha value is -4.80. The van der Waals surface area contributed by atoms with Crippen molar-refractivity contribution in [1.29, 1.82) is 0 Å². The van der Waals surface area contributed by atoms with E-state index in [0.29, 0.717) is 35.7 Å². The first kappa shape index (κ1) is 30.7. The quantitative estimate of drug-likeness (QED) is 0.146. The van der Waals surface area contributed by atoms with Crippen molar-refractivity contribution in [3.63, 3.8) is 0 Å². The predicted octanol–water partition coefficient (Wildman–Crippen LogP) is 5.06. The molecule has 0 bridgehead atoms. The molecule has 0 aliphatic carbocycles. The van der Waals surface area contributed by atoms with Gasteiger partial charge in [-0.2, -0.15) is 0 Å². The van der Waals surface area contributed by atoms with Gasteiger partial charge in [-0.05, 0) is 59.7 Å². The van der Waals surface area contributed by atoms with Crippen molar-refractivity contribution in [2.75, 3.05) is 20.3 Å². The fourth-order valence-corrected chi connectivity index (χ4v) is 5.02. The van der Waals surface area contributed by atoms with Gasteiger partial charge < -0.3 is 19.3 Å². The van der Waals surface area contributed by atoms with Gasteiger partial charge in [0.2, 0.25) is 5.90 Å². The lowest BCUT2D eigenvalue weighted by Crippen LogP contribution is -2.53. The molecule has 1 aliphatic rings. The second-order valence-electron chi connectivity index (χ2n) is 10.2. The van der Waals surface area contributed by atoms with Crippen LogP contribution in [0.25, 0.3) is 0 Å². The molecule has 228 valence electrons. The summed E-state index contributed by atoms with van der Waals surface area (Å²) >= 11 is 0. The van der Waals surface area contributed by atoms with Crippen LogP contribution in [0.5, 0.6) is 11.5 Å². The molecule has 0 aromatic heterocycles. The minimum absolute atomic E-state index is 0.0318. The van der Waals surface area contributed by atoms with Gasteiger partial charge in [-0.15, -0.1) is 0 Å². The Labute approximate surface area is 254 Å². The molecule has 0 radical (unpaired) electrons. The molecule has 5 rings (SSSR count). The number of rotatable bonds is 13. The van der Waals surface area contributed by atoms with Crippen LogP contribution in [0, 0.1) is 11.6 Å². The number of aliphatic hydroxyl groups is 1. The maximum atomic E-state index is 14.3. The van der Waals surface area contributed by atoms with Crippen molar-refractivity contribution in [3.05, 3.63) is 131 Å². The molecule has 0 unspecified atom stereocenters. The summed E-state index contributed by atoms with van der Waals surface area (Å²) in [5.74, 6) is -0.577. The van der Waals surface area contributed by atoms with Crippen LogP contribution < -0.4 is 20.3 Å². The molecule has 8 nitrogen and oxygen atoms in total. The second-order valence-corrected chi connectivity index (χ2v) is 10.2. The summed E-state index contributed by atoms with van der Waals surface area (Å²) in [4.78, 5) is 19.2. The van der Waals surface area contributed by atoms with Gasteiger partial charge in [-0.25, -0.2) is 19.2 Å². The molecule has 3 N–H and O–H groups in total. The number of nitrogens with zero attached hydrogens (tertiary/aromatic N) is 1. The van der Waals surface area contributed by atoms with Gasteiger partial charge in [0.25, 0.3) is 5.91 Å². The molecular weight excluding hydrogens is 568 g/mol. The van der Waals surface area contributed by atoms with Crippen molar-refractivity contribution >= 4 is 11.8 Å². The average Bonchev–Trinajstić information content (AvgIpc) is 3.43. The summed E-state index contributed by atoms with van der Waals surface area (Å²) in [6, 6.07) is 27.3. The Morgan fingerprint density at radius 2 is 1.68 bits per heavy atom. The highest BCUT2D eigenvalue weighted by molar-refractivity contribution is 6.01. The molecule has 0 spiro atoms. The maximum absolute atomic E-state index is 14.3. The number of aliphatic imine (C=N–C) groups is 1. The zero-order chi connectivity index (χ0) is 30.9. The zero-order valence-electron chi connectivity index (χ0n) is 24.1. The number of halogens is 2. The van der Waals surface area contributed by atoms with Crippen molar-refractivity contribution < 1.29 is 32.9 Å². The molecule has 2 atom stereocenters. The smallest absolute Gasteiger partial charge is 0.266 e. The third-order valence-corrected chi connectivity index (χ3v) is 7.27. The molecule has 1 aliphatic heterocycles. The number of aliphatic hydroxyl groups excluding tert-OH is 1. The van der Waals surface area contributed by atoms with Crippen LogP contribution in [0.15, 0.2) is 102 Å². The van der Waals surface area contributed by atoms with Gasteiger partial charge in [-0.3, -0.25) is 10.2 Å². The van der Waals surface area contributed by atoms with E-state index in [2.05, 4.69) is 10.9 Å². The normalized spacial score (nSPS) is 17.5. The summed E-state index contributed by atoms with van der Waals surface area (Å²) in [5.41, 5.74) is 5.70. The number of hydrazine groups is 1. The fraction of sp³-hybridized carbons (Fsp3) is 0.235. The molecule has 0 saturated carbocycles. The highest BCUT2D eigenvalue weighted by atomic mass is 19.1. The van der Waals surface area contributed by atoms with Crippen molar-refractivity contribution in [1.82, 2.24) is 10.9 Å². The van der Waals surface area contributed by atoms with Crippen LogP contribution in [0.3, 0.4) is 0 Å². The third-order valence-electron chi connectivity index (χ3n) is 7.27. The fourth-order valence-electron chi connectivity index (χ4n) is 5.02. The number of amides is 1. The first-order valence-electron chi connectivity index (χ1n) is 14.2. The van der Waals surface area contributed by atoms with Crippen LogP contribution in [-0.4, -0.2) is 42.8 Å². The molecular formula is C34H33F2N3O5. The standard InChI is InChI=1S/C34H33F2N3O5/c1-42-27-11-5-10-25(20-27)31-34(21-23-8-3-2-4-9-23,33(41)39-37-22-28-29(35)12-6-13-30(28)36)38-32(44-31)24-14-16-26(17-15-24)43-19-7-18-40/h2-6,8-17,20,31,37,40H,7,18-19,21-22H2,1H3,(H,39,41)/t31-,34-/m0/s1. The Balaban J connectivity index is 1.52. The van der Waals surface area contributed by atoms with E-state index in [1.165, 1.54) is 6.07 Å². The predicted molar refractivity (Wildman–Crippen MR) is 161 cm³/mol. The first-order valence-corrected chi connectivity index (χ1v) is 14.2. The van der Waals surface area contributed by atoms with Crippen LogP contribution in [-0.2, 0) is 22.5 Å². The maximum Gasteiger partial charge on any atom is 0.266 e. The van der Waals surface area contributed by atoms with Gasteiger partial charge in [0.15, 0.2) is 11.6 Å². The molecule has 4 aromatic rings. The van der Waals surface area contributed by atoms with E-state index >= 15 is 0 Å². The second kappa shape index (κ2) is 14.1. The van der Waals surface area contributed by atoms with Crippen LogP contribution in [0.1, 0.15) is 34.8 Å². The summed E-state index contributed by atoms with van der Waals surface area (Å²) < 4.78 is 46.2. The number of nitrogens with one attached hydrogen (secondary N) is 2. The summed E-state index contributed by atoms with van der Waals surface area (Å²) in [7, 11) is 1.55. The zero-order valence-corrected chi connectivity index (χ0v) is 24.1. The molecule has 0 saturated heterocycles. The Kier molecular flexibility index (Phi) is 9.83. The highest BCUT2D eigenvalue weighted by Gasteiger charge is 2.53. The number of benzene rings is 4. The average molecular weight is 602 g/mol. The van der Waals surface area contributed by atoms with Gasteiger partial charge in [-0.1, -0.05) is 48.5 Å². The summed E-state index contributed by atoms with van der Waals surface area (Å²) in [5, 5.41) is 9.03. The molecule has 44 heavy (non-hydrogen) atoms. The van der Waals surface area contributed by atoms with E-state index in [9.17, 15) is 13.6 Å². The molecule has 1 amide bonds. The number of hydrogen-bond donors (Lipinski definition) is 3. The van der Waals surface area contributed by atoms with Gasteiger partial charge in [0, 0.05) is 37.1 Å². The number of ether oxygens (including phenoxy) is 3. The van der Waals surface area contributed by atoms with E-state index in [1.807, 2.05) is 36.4 Å². The minimum Gasteiger partial charge on any atom is -0.497 e. The lowest BCUT2D eigenvalue weighted by Gasteiger charge is -2.31. The SMILES string of the molecule is COc1cccc([C@@H]2OC(c3ccc(OCCCO)cc3)=N[C@]2(Cc2ccccc2)C(=O)NNCc2c(F)cccc2F)c1. The lowest BCUT2D eigenvalue weighted by atomic mass is 9.82. The third kappa shape index (κ3) is 6.88. The molecule has 4 aromatic carbocycles. The van der Waals surface area contributed by atoms with Crippen LogP contribution in [0.4, 0.5) is 8.78 Å². The van der Waals surface area contributed by atoms with Gasteiger partial charge in [0.05, 0.1) is 13.7 Å². The topological polar surface area (TPSA) is 101 Å². The molecule has 1 heterocycles. The monoisotopic (exact) mass is 601 g/mol. The van der Waals surface area contributed by atoms with Crippen molar-refractivity contribution in [2.45, 2.75) is 31.0 Å². The minimum atomic E-state index is -1.53. The van der Waals surface area contributed by atoms with E-state index in [-0.39, 0.29) is 31.0 Å². The van der Waals surface area contributed by atoms with E-state index in [4.69, 9.17) is 24.3 Å². The van der Waals surface area contributed by atoms with Crippen molar-refractivity contribution in [2.24, 2.45) is 4.99 Å². The van der Waals surface area contributed by atoms with E-state index < -0.39 is 29.2 Å². The Morgan fingerprint density at radius 1 is 0.955 bits per heavy atom. The summed E-state index contributed by atoms with van der Waals surface area (Å²) in [6.07, 6.45) is -0.224. The molecule has 0 fully saturated rings. The van der Waals surface area contributed by atoms with E-state index in [0.717, 1.165) is 17.7 Å². The van der Waals surface area contributed by atoms with Crippen LogP contribution >= 0.6 is 0 Å². The number of hydrogen-bond acceptors (Lipinski definition) is 7. The Morgan fingerprint density at radius 3 is 2.39 bits per heavy atom.